The highest BCUT2D eigenvalue weighted by atomic mass is 35.5. The van der Waals surface area contributed by atoms with Crippen molar-refractivity contribution in [1.29, 1.82) is 0 Å². The zero-order chi connectivity index (χ0) is 14.4. The Morgan fingerprint density at radius 3 is 2.45 bits per heavy atom. The summed E-state index contributed by atoms with van der Waals surface area (Å²) in [7, 11) is 0. The molecular weight excluding hydrogens is 272 g/mol. The van der Waals surface area contributed by atoms with Crippen molar-refractivity contribution in [3.8, 4) is 0 Å². The summed E-state index contributed by atoms with van der Waals surface area (Å²) in [5, 5.41) is 9.53. The fourth-order valence-electron chi connectivity index (χ4n) is 1.97. The van der Waals surface area contributed by atoms with Gasteiger partial charge in [0.2, 0.25) is 0 Å². The zero-order valence-electron chi connectivity index (χ0n) is 10.9. The minimum atomic E-state index is -0.660. The lowest BCUT2D eigenvalue weighted by Gasteiger charge is -2.08. The van der Waals surface area contributed by atoms with Crippen molar-refractivity contribution in [2.45, 2.75) is 12.5 Å². The molecule has 0 radical (unpaired) electrons. The fourth-order valence-corrected chi connectivity index (χ4v) is 2.15. The van der Waals surface area contributed by atoms with Crippen LogP contribution in [0.25, 0.3) is 6.08 Å². The van der Waals surface area contributed by atoms with E-state index in [1.807, 2.05) is 42.5 Å². The lowest BCUT2D eigenvalue weighted by atomic mass is 10.0. The van der Waals surface area contributed by atoms with Gasteiger partial charge >= 0.3 is 0 Å². The van der Waals surface area contributed by atoms with Crippen molar-refractivity contribution in [2.75, 3.05) is 0 Å². The first-order chi connectivity index (χ1) is 9.66. The van der Waals surface area contributed by atoms with E-state index < -0.39 is 11.3 Å². The largest absolute Gasteiger partial charge is 0.389 e. The van der Waals surface area contributed by atoms with Crippen LogP contribution in [-0.4, -0.2) is 16.5 Å². The summed E-state index contributed by atoms with van der Waals surface area (Å²) in [6, 6.07) is 16.8. The number of aliphatic hydroxyl groups excluding tert-OH is 1. The molecule has 0 bridgehead atoms. The standard InChI is InChI=1S/C17H15ClO2/c18-17(20)16-9-5-4-8-14(16)12-15(19)11-10-13-6-2-1-3-7-13/h1-11,15,19H,12H2/b11-10+. The molecule has 1 unspecified atom stereocenters. The summed E-state index contributed by atoms with van der Waals surface area (Å²) in [6.07, 6.45) is 3.27. The number of carbonyl (C=O) groups is 1. The molecule has 1 N–H and O–H groups in total. The van der Waals surface area contributed by atoms with Crippen molar-refractivity contribution in [1.82, 2.24) is 0 Å². The molecule has 0 heterocycles. The van der Waals surface area contributed by atoms with E-state index in [9.17, 15) is 9.90 Å². The molecule has 0 aliphatic carbocycles. The van der Waals surface area contributed by atoms with E-state index in [4.69, 9.17) is 11.6 Å². The molecule has 102 valence electrons. The summed E-state index contributed by atoms with van der Waals surface area (Å²) in [4.78, 5) is 11.3. The molecule has 20 heavy (non-hydrogen) atoms. The number of rotatable bonds is 5. The average molecular weight is 287 g/mol. The highest BCUT2D eigenvalue weighted by molar-refractivity contribution is 6.67. The lowest BCUT2D eigenvalue weighted by Crippen LogP contribution is -2.09. The Bertz CT molecular complexity index is 605. The Labute approximate surface area is 123 Å². The van der Waals surface area contributed by atoms with Gasteiger partial charge in [-0.25, -0.2) is 0 Å². The lowest BCUT2D eigenvalue weighted by molar-refractivity contribution is 0.108. The van der Waals surface area contributed by atoms with Gasteiger partial charge in [-0.2, -0.15) is 0 Å². The molecule has 0 fully saturated rings. The van der Waals surface area contributed by atoms with Crippen LogP contribution in [0, 0.1) is 0 Å². The van der Waals surface area contributed by atoms with Crippen molar-refractivity contribution in [2.24, 2.45) is 0 Å². The third-order valence-electron chi connectivity index (χ3n) is 2.97. The van der Waals surface area contributed by atoms with Crippen LogP contribution in [0.1, 0.15) is 21.5 Å². The van der Waals surface area contributed by atoms with Gasteiger partial charge in [-0.05, 0) is 28.8 Å². The molecule has 2 rings (SSSR count). The van der Waals surface area contributed by atoms with Crippen LogP contribution in [0.2, 0.25) is 0 Å². The molecule has 2 aromatic rings. The fraction of sp³-hybridized carbons (Fsp3) is 0.118. The van der Waals surface area contributed by atoms with E-state index >= 15 is 0 Å². The van der Waals surface area contributed by atoms with E-state index in [-0.39, 0.29) is 0 Å². The topological polar surface area (TPSA) is 37.3 Å². The van der Waals surface area contributed by atoms with E-state index in [2.05, 4.69) is 0 Å². The second kappa shape index (κ2) is 7.04. The minimum absolute atomic E-state index is 0.359. The number of hydrogen-bond donors (Lipinski definition) is 1. The van der Waals surface area contributed by atoms with Crippen molar-refractivity contribution < 1.29 is 9.90 Å². The first-order valence-corrected chi connectivity index (χ1v) is 6.73. The molecule has 0 spiro atoms. The van der Waals surface area contributed by atoms with Gasteiger partial charge in [0.1, 0.15) is 0 Å². The van der Waals surface area contributed by atoms with Gasteiger partial charge in [-0.1, -0.05) is 60.7 Å². The Kier molecular flexibility index (Phi) is 5.10. The van der Waals surface area contributed by atoms with Crippen LogP contribution in [0.4, 0.5) is 0 Å². The van der Waals surface area contributed by atoms with Crippen LogP contribution in [0.5, 0.6) is 0 Å². The summed E-state index contributed by atoms with van der Waals surface area (Å²) in [6.45, 7) is 0. The highest BCUT2D eigenvalue weighted by Gasteiger charge is 2.10. The molecule has 0 saturated heterocycles. The van der Waals surface area contributed by atoms with E-state index in [0.29, 0.717) is 12.0 Å². The molecule has 0 aliphatic heterocycles. The molecule has 0 amide bonds. The summed E-state index contributed by atoms with van der Waals surface area (Å²) in [5.41, 5.74) is 2.22. The molecule has 0 aliphatic rings. The first kappa shape index (κ1) is 14.5. The molecule has 0 aromatic heterocycles. The van der Waals surface area contributed by atoms with Gasteiger partial charge in [0.15, 0.2) is 0 Å². The predicted octanol–water partition coefficient (Wildman–Crippen LogP) is 3.68. The van der Waals surface area contributed by atoms with Crippen LogP contribution in [0.15, 0.2) is 60.7 Å². The maximum absolute atomic E-state index is 11.3. The average Bonchev–Trinajstić information content (AvgIpc) is 2.46. The van der Waals surface area contributed by atoms with Gasteiger partial charge in [-0.3, -0.25) is 4.79 Å². The van der Waals surface area contributed by atoms with Crippen molar-refractivity contribution in [3.05, 3.63) is 77.4 Å². The predicted molar refractivity (Wildman–Crippen MR) is 81.8 cm³/mol. The Morgan fingerprint density at radius 1 is 1.10 bits per heavy atom. The molecule has 3 heteroatoms. The van der Waals surface area contributed by atoms with Crippen molar-refractivity contribution >= 4 is 22.9 Å². The van der Waals surface area contributed by atoms with Crippen LogP contribution in [-0.2, 0) is 6.42 Å². The Hall–Kier alpha value is -1.90. The summed E-state index contributed by atoms with van der Waals surface area (Å²) >= 11 is 5.53. The van der Waals surface area contributed by atoms with Gasteiger partial charge < -0.3 is 5.11 Å². The third-order valence-corrected chi connectivity index (χ3v) is 3.17. The molecular formula is C17H15ClO2. The third kappa shape index (κ3) is 4.05. The Balaban J connectivity index is 2.07. The summed E-state index contributed by atoms with van der Waals surface area (Å²) < 4.78 is 0. The molecule has 2 nitrogen and oxygen atoms in total. The maximum atomic E-state index is 11.3. The van der Waals surface area contributed by atoms with Gasteiger partial charge in [-0.15, -0.1) is 0 Å². The molecule has 2 aromatic carbocycles. The maximum Gasteiger partial charge on any atom is 0.252 e. The van der Waals surface area contributed by atoms with Crippen LogP contribution < -0.4 is 0 Å². The van der Waals surface area contributed by atoms with Crippen LogP contribution >= 0.6 is 11.6 Å². The Morgan fingerprint density at radius 2 is 1.75 bits per heavy atom. The highest BCUT2D eigenvalue weighted by Crippen LogP contribution is 2.14. The number of benzene rings is 2. The van der Waals surface area contributed by atoms with Crippen molar-refractivity contribution in [3.63, 3.8) is 0 Å². The number of hydrogen-bond acceptors (Lipinski definition) is 2. The monoisotopic (exact) mass is 286 g/mol. The normalized spacial score (nSPS) is 12.5. The minimum Gasteiger partial charge on any atom is -0.389 e. The van der Waals surface area contributed by atoms with Gasteiger partial charge in [0.05, 0.1) is 6.10 Å². The molecule has 1 atom stereocenters. The second-order valence-corrected chi connectivity index (χ2v) is 4.82. The summed E-state index contributed by atoms with van der Waals surface area (Å²) in [5.74, 6) is 0. The zero-order valence-corrected chi connectivity index (χ0v) is 11.6. The quantitative estimate of drug-likeness (QED) is 0.851. The number of aliphatic hydroxyl groups is 1. The number of halogens is 1. The van der Waals surface area contributed by atoms with Crippen LogP contribution in [0.3, 0.4) is 0 Å². The van der Waals surface area contributed by atoms with E-state index in [1.165, 1.54) is 0 Å². The SMILES string of the molecule is O=C(Cl)c1ccccc1CC(O)/C=C/c1ccccc1. The van der Waals surface area contributed by atoms with E-state index in [0.717, 1.165) is 11.1 Å². The first-order valence-electron chi connectivity index (χ1n) is 6.36. The number of carbonyl (C=O) groups excluding carboxylic acids is 1. The smallest absolute Gasteiger partial charge is 0.252 e. The van der Waals surface area contributed by atoms with Gasteiger partial charge in [0, 0.05) is 12.0 Å². The second-order valence-electron chi connectivity index (χ2n) is 4.47. The van der Waals surface area contributed by atoms with Gasteiger partial charge in [0.25, 0.3) is 5.24 Å². The molecule has 0 saturated carbocycles. The van der Waals surface area contributed by atoms with E-state index in [1.54, 1.807) is 24.3 Å².